The summed E-state index contributed by atoms with van der Waals surface area (Å²) in [5, 5.41) is 8.62. The van der Waals surface area contributed by atoms with Gasteiger partial charge in [0.15, 0.2) is 0 Å². The van der Waals surface area contributed by atoms with Crippen LogP contribution in [0, 0.1) is 0 Å². The summed E-state index contributed by atoms with van der Waals surface area (Å²) in [5.74, 6) is 1.08. The van der Waals surface area contributed by atoms with Gasteiger partial charge in [0.1, 0.15) is 0 Å². The molecule has 0 aliphatic rings. The number of esters is 1. The third kappa shape index (κ3) is 4.30. The van der Waals surface area contributed by atoms with Gasteiger partial charge in [0.2, 0.25) is 11.7 Å². The van der Waals surface area contributed by atoms with E-state index in [9.17, 15) is 4.79 Å². The van der Waals surface area contributed by atoms with Crippen LogP contribution < -0.4 is 0 Å². The predicted molar refractivity (Wildman–Crippen MR) is 92.5 cm³/mol. The van der Waals surface area contributed by atoms with Gasteiger partial charge in [-0.1, -0.05) is 49.0 Å². The van der Waals surface area contributed by atoms with Crippen LogP contribution in [0.25, 0.3) is 0 Å². The number of furan rings is 1. The number of benzene rings is 1. The van der Waals surface area contributed by atoms with E-state index in [0.29, 0.717) is 29.2 Å². The largest absolute Gasteiger partial charge is 0.463 e. The molecular weight excluding hydrogens is 340 g/mol. The number of aromatic nitrogens is 2. The van der Waals surface area contributed by atoms with Gasteiger partial charge in [-0.05, 0) is 17.5 Å². The lowest BCUT2D eigenvalue weighted by Gasteiger charge is -2.08. The number of carbonyl (C=O) groups excluding carboxylic acids is 1. The smallest absolute Gasteiger partial charge is 0.374 e. The molecule has 2 aromatic heterocycles. The van der Waals surface area contributed by atoms with Crippen LogP contribution in [0.5, 0.6) is 0 Å². The summed E-state index contributed by atoms with van der Waals surface area (Å²) in [6.45, 7) is 2.13. The molecule has 130 valence electrons. The van der Waals surface area contributed by atoms with E-state index in [1.165, 1.54) is 30.7 Å². The van der Waals surface area contributed by atoms with Crippen molar-refractivity contribution in [2.24, 2.45) is 0 Å². The molecule has 3 aromatic rings. The highest BCUT2D eigenvalue weighted by Gasteiger charge is 2.17. The average molecular weight is 358 g/mol. The molecule has 3 rings (SSSR count). The molecule has 0 bridgehead atoms. The molecule has 0 amide bonds. The van der Waals surface area contributed by atoms with E-state index in [1.807, 2.05) is 18.2 Å². The number of methoxy groups -OCH3 is 1. The summed E-state index contributed by atoms with van der Waals surface area (Å²) in [7, 11) is 1.32. The number of ether oxygens (including phenoxy) is 1. The third-order valence-electron chi connectivity index (χ3n) is 3.77. The molecule has 2 heterocycles. The number of rotatable bonds is 7. The fourth-order valence-corrected chi connectivity index (χ4v) is 3.16. The molecule has 0 N–H and O–H groups in total. The minimum Gasteiger partial charge on any atom is -0.463 e. The highest BCUT2D eigenvalue weighted by atomic mass is 32.2. The second kappa shape index (κ2) is 8.02. The van der Waals surface area contributed by atoms with Crippen LogP contribution in [-0.4, -0.2) is 23.3 Å². The normalized spacial score (nSPS) is 12.1. The molecule has 1 aromatic carbocycles. The molecule has 0 spiro atoms. The first-order chi connectivity index (χ1) is 12.2. The Morgan fingerprint density at radius 2 is 2.04 bits per heavy atom. The fourth-order valence-electron chi connectivity index (χ4n) is 2.40. The standard InChI is InChI=1S/C18H18N2O4S/c1-12(13-6-4-3-5-7-13)10-15-19-20-18(24-15)25-11-14-8-9-23-16(14)17(21)22-2/h3-9,12H,10-11H2,1-2H3. The van der Waals surface area contributed by atoms with Crippen LogP contribution in [0.1, 0.15) is 40.4 Å². The average Bonchev–Trinajstić information content (AvgIpc) is 3.29. The molecule has 25 heavy (non-hydrogen) atoms. The van der Waals surface area contributed by atoms with Gasteiger partial charge in [0.25, 0.3) is 5.22 Å². The van der Waals surface area contributed by atoms with Gasteiger partial charge in [-0.15, -0.1) is 10.2 Å². The van der Waals surface area contributed by atoms with Crippen molar-refractivity contribution in [3.63, 3.8) is 0 Å². The second-order valence-electron chi connectivity index (χ2n) is 5.53. The molecule has 0 radical (unpaired) electrons. The van der Waals surface area contributed by atoms with Gasteiger partial charge in [0, 0.05) is 17.7 Å². The van der Waals surface area contributed by atoms with E-state index in [1.54, 1.807) is 6.07 Å². The summed E-state index contributed by atoms with van der Waals surface area (Å²) in [6, 6.07) is 11.9. The van der Waals surface area contributed by atoms with Gasteiger partial charge in [-0.3, -0.25) is 0 Å². The number of hydrogen-bond donors (Lipinski definition) is 0. The lowest BCUT2D eigenvalue weighted by molar-refractivity contribution is 0.0564. The lowest BCUT2D eigenvalue weighted by atomic mass is 9.98. The Bertz CT molecular complexity index is 828. The summed E-state index contributed by atoms with van der Waals surface area (Å²) >= 11 is 1.36. The Morgan fingerprint density at radius 1 is 1.24 bits per heavy atom. The van der Waals surface area contributed by atoms with E-state index < -0.39 is 5.97 Å². The zero-order chi connectivity index (χ0) is 17.6. The van der Waals surface area contributed by atoms with Crippen molar-refractivity contribution >= 4 is 17.7 Å². The van der Waals surface area contributed by atoms with Crippen LogP contribution in [0.3, 0.4) is 0 Å². The Kier molecular flexibility index (Phi) is 5.55. The van der Waals surface area contributed by atoms with E-state index in [2.05, 4.69) is 34.0 Å². The van der Waals surface area contributed by atoms with Crippen molar-refractivity contribution in [2.75, 3.05) is 7.11 Å². The van der Waals surface area contributed by atoms with E-state index >= 15 is 0 Å². The van der Waals surface area contributed by atoms with Gasteiger partial charge in [0.05, 0.1) is 13.4 Å². The highest BCUT2D eigenvalue weighted by Crippen LogP contribution is 2.26. The number of thioether (sulfide) groups is 1. The molecule has 1 atom stereocenters. The van der Waals surface area contributed by atoms with Gasteiger partial charge >= 0.3 is 5.97 Å². The maximum atomic E-state index is 11.6. The second-order valence-corrected chi connectivity index (χ2v) is 6.46. The van der Waals surface area contributed by atoms with Crippen molar-refractivity contribution in [3.05, 3.63) is 65.4 Å². The van der Waals surface area contributed by atoms with Gasteiger partial charge in [-0.25, -0.2) is 4.79 Å². The quantitative estimate of drug-likeness (QED) is 0.465. The Hall–Kier alpha value is -2.54. The molecular formula is C18H18N2O4S. The molecule has 0 saturated heterocycles. The molecule has 7 heteroatoms. The predicted octanol–water partition coefficient (Wildman–Crippen LogP) is 4.09. The van der Waals surface area contributed by atoms with Crippen molar-refractivity contribution in [1.82, 2.24) is 10.2 Å². The zero-order valence-electron chi connectivity index (χ0n) is 14.0. The van der Waals surface area contributed by atoms with Crippen LogP contribution in [-0.2, 0) is 16.9 Å². The van der Waals surface area contributed by atoms with E-state index in [-0.39, 0.29) is 5.76 Å². The molecule has 6 nitrogen and oxygen atoms in total. The first kappa shape index (κ1) is 17.3. The Morgan fingerprint density at radius 3 is 2.80 bits per heavy atom. The van der Waals surface area contributed by atoms with Crippen molar-refractivity contribution in [1.29, 1.82) is 0 Å². The van der Waals surface area contributed by atoms with Crippen molar-refractivity contribution in [2.45, 2.75) is 30.2 Å². The van der Waals surface area contributed by atoms with Crippen LogP contribution >= 0.6 is 11.8 Å². The zero-order valence-corrected chi connectivity index (χ0v) is 14.8. The molecule has 1 unspecified atom stereocenters. The van der Waals surface area contributed by atoms with Crippen molar-refractivity contribution in [3.8, 4) is 0 Å². The maximum Gasteiger partial charge on any atom is 0.374 e. The minimum atomic E-state index is -0.497. The van der Waals surface area contributed by atoms with Gasteiger partial charge < -0.3 is 13.6 Å². The Balaban J connectivity index is 1.59. The van der Waals surface area contributed by atoms with Crippen LogP contribution in [0.2, 0.25) is 0 Å². The van der Waals surface area contributed by atoms with E-state index in [0.717, 1.165) is 5.56 Å². The van der Waals surface area contributed by atoms with Crippen LogP contribution in [0.15, 0.2) is 56.7 Å². The summed E-state index contributed by atoms with van der Waals surface area (Å²) in [4.78, 5) is 11.6. The first-order valence-electron chi connectivity index (χ1n) is 7.82. The first-order valence-corrected chi connectivity index (χ1v) is 8.80. The molecule has 0 aliphatic carbocycles. The minimum absolute atomic E-state index is 0.201. The summed E-state index contributed by atoms with van der Waals surface area (Å²) in [6.07, 6.45) is 2.14. The van der Waals surface area contributed by atoms with Crippen molar-refractivity contribution < 1.29 is 18.4 Å². The Labute approximate surface area is 149 Å². The maximum absolute atomic E-state index is 11.6. The monoisotopic (exact) mass is 358 g/mol. The number of nitrogens with zero attached hydrogens (tertiary/aromatic N) is 2. The van der Waals surface area contributed by atoms with Gasteiger partial charge in [-0.2, -0.15) is 0 Å². The SMILES string of the molecule is COC(=O)c1occc1CSc1nnc(CC(C)c2ccccc2)o1. The topological polar surface area (TPSA) is 78.4 Å². The molecule has 0 fully saturated rings. The summed E-state index contributed by atoms with van der Waals surface area (Å²) < 4.78 is 15.5. The van der Waals surface area contributed by atoms with Crippen LogP contribution in [0.4, 0.5) is 0 Å². The number of hydrogen-bond acceptors (Lipinski definition) is 7. The molecule has 0 aliphatic heterocycles. The number of carbonyl (C=O) groups is 1. The third-order valence-corrected chi connectivity index (χ3v) is 4.63. The highest BCUT2D eigenvalue weighted by molar-refractivity contribution is 7.98. The fraction of sp³-hybridized carbons (Fsp3) is 0.278. The molecule has 0 saturated carbocycles. The van der Waals surface area contributed by atoms with E-state index in [4.69, 9.17) is 8.83 Å². The summed E-state index contributed by atoms with van der Waals surface area (Å²) in [5.41, 5.74) is 1.96. The lowest BCUT2D eigenvalue weighted by Crippen LogP contribution is -2.02.